The molecule has 0 aromatic heterocycles. The minimum atomic E-state index is -0.0725. The van der Waals surface area contributed by atoms with Gasteiger partial charge in [0.1, 0.15) is 0 Å². The van der Waals surface area contributed by atoms with E-state index in [9.17, 15) is 4.79 Å². The second-order valence-corrected chi connectivity index (χ2v) is 5.75. The van der Waals surface area contributed by atoms with E-state index >= 15 is 0 Å². The zero-order valence-electron chi connectivity index (χ0n) is 10.2. The van der Waals surface area contributed by atoms with Crippen LogP contribution in [0.2, 0.25) is 0 Å². The van der Waals surface area contributed by atoms with Gasteiger partial charge >= 0.3 is 0 Å². The smallest absolute Gasteiger partial charge is 0.228 e. The molecule has 0 saturated heterocycles. The average Bonchev–Trinajstić information content (AvgIpc) is 3.09. The highest BCUT2D eigenvalue weighted by Crippen LogP contribution is 2.46. The molecule has 0 spiro atoms. The fourth-order valence-corrected chi connectivity index (χ4v) is 2.37. The number of amides is 1. The number of halogens is 1. The van der Waals surface area contributed by atoms with Crippen molar-refractivity contribution in [2.24, 2.45) is 5.41 Å². The Bertz CT molecular complexity index is 386. The molecule has 0 heterocycles. The third-order valence-electron chi connectivity index (χ3n) is 3.37. The molecule has 0 atom stereocenters. The summed E-state index contributed by atoms with van der Waals surface area (Å²) in [5.74, 6) is 0.306. The van der Waals surface area contributed by atoms with Gasteiger partial charge in [-0.2, -0.15) is 0 Å². The van der Waals surface area contributed by atoms with Gasteiger partial charge < -0.3 is 4.90 Å². The molecule has 1 fully saturated rings. The number of nitrogens with zero attached hydrogens (tertiary/aromatic N) is 1. The van der Waals surface area contributed by atoms with E-state index in [0.717, 1.165) is 31.3 Å². The van der Waals surface area contributed by atoms with Crippen molar-refractivity contribution in [2.45, 2.75) is 26.3 Å². The van der Waals surface area contributed by atoms with Crippen LogP contribution in [-0.4, -0.2) is 22.7 Å². The van der Waals surface area contributed by atoms with Crippen LogP contribution in [0.3, 0.4) is 0 Å². The molecule has 1 amide bonds. The van der Waals surface area contributed by atoms with E-state index in [-0.39, 0.29) is 5.41 Å². The predicted molar refractivity (Wildman–Crippen MR) is 73.0 cm³/mol. The monoisotopic (exact) mass is 295 g/mol. The fourth-order valence-electron chi connectivity index (χ4n) is 1.94. The summed E-state index contributed by atoms with van der Waals surface area (Å²) >= 11 is 3.42. The zero-order valence-corrected chi connectivity index (χ0v) is 11.7. The molecule has 2 nitrogen and oxygen atoms in total. The van der Waals surface area contributed by atoms with Crippen molar-refractivity contribution in [3.8, 4) is 0 Å². The van der Waals surface area contributed by atoms with E-state index < -0.39 is 0 Å². The average molecular weight is 296 g/mol. The maximum absolute atomic E-state index is 12.3. The van der Waals surface area contributed by atoms with Crippen molar-refractivity contribution >= 4 is 21.8 Å². The third-order valence-corrected chi connectivity index (χ3v) is 3.73. The topological polar surface area (TPSA) is 20.3 Å². The Morgan fingerprint density at radius 3 is 2.53 bits per heavy atom. The largest absolute Gasteiger partial charge is 0.337 e. The van der Waals surface area contributed by atoms with E-state index in [2.05, 4.69) is 35.0 Å². The molecule has 0 N–H and O–H groups in total. The first kappa shape index (κ1) is 12.6. The number of carbonyl (C=O) groups is 1. The van der Waals surface area contributed by atoms with Crippen LogP contribution in [0.5, 0.6) is 0 Å². The third kappa shape index (κ3) is 3.09. The Labute approximate surface area is 111 Å². The summed E-state index contributed by atoms with van der Waals surface area (Å²) in [6, 6.07) is 10.2. The van der Waals surface area contributed by atoms with Gasteiger partial charge in [-0.1, -0.05) is 53.2 Å². The van der Waals surface area contributed by atoms with Gasteiger partial charge in [0.25, 0.3) is 0 Å². The van der Waals surface area contributed by atoms with Gasteiger partial charge in [0.2, 0.25) is 5.91 Å². The van der Waals surface area contributed by atoms with E-state index in [1.807, 2.05) is 23.1 Å². The molecule has 1 saturated carbocycles. The summed E-state index contributed by atoms with van der Waals surface area (Å²) in [6.07, 6.45) is 2.08. The fraction of sp³-hybridized carbons (Fsp3) is 0.500. The second kappa shape index (κ2) is 5.21. The second-order valence-electron chi connectivity index (χ2n) is 4.96. The molecule has 0 aliphatic heterocycles. The summed E-state index contributed by atoms with van der Waals surface area (Å²) in [5.41, 5.74) is 1.13. The highest BCUT2D eigenvalue weighted by atomic mass is 79.9. The molecular formula is C14H18BrNO. The van der Waals surface area contributed by atoms with E-state index in [1.54, 1.807) is 0 Å². The Morgan fingerprint density at radius 1 is 1.35 bits per heavy atom. The minimum absolute atomic E-state index is 0.0725. The van der Waals surface area contributed by atoms with Gasteiger partial charge in [-0.05, 0) is 18.4 Å². The predicted octanol–water partition coefficient (Wildman–Crippen LogP) is 3.21. The van der Waals surface area contributed by atoms with Crippen molar-refractivity contribution in [1.29, 1.82) is 0 Å². The summed E-state index contributed by atoms with van der Waals surface area (Å²) in [7, 11) is 0. The number of rotatable bonds is 5. The van der Waals surface area contributed by atoms with Gasteiger partial charge in [0, 0.05) is 23.8 Å². The van der Waals surface area contributed by atoms with Crippen LogP contribution in [-0.2, 0) is 11.3 Å². The van der Waals surface area contributed by atoms with Crippen molar-refractivity contribution in [1.82, 2.24) is 4.90 Å². The normalized spacial score (nSPS) is 16.6. The first-order valence-electron chi connectivity index (χ1n) is 6.05. The Kier molecular flexibility index (Phi) is 3.87. The first-order chi connectivity index (χ1) is 8.15. The van der Waals surface area contributed by atoms with Crippen LogP contribution in [0.4, 0.5) is 0 Å². The number of benzene rings is 1. The summed E-state index contributed by atoms with van der Waals surface area (Å²) in [5, 5.41) is 0.835. The molecule has 0 unspecified atom stereocenters. The van der Waals surface area contributed by atoms with Crippen LogP contribution >= 0.6 is 15.9 Å². The quantitative estimate of drug-likeness (QED) is 0.764. The van der Waals surface area contributed by atoms with E-state index in [1.165, 1.54) is 5.56 Å². The molecule has 0 bridgehead atoms. The van der Waals surface area contributed by atoms with Crippen LogP contribution in [0.25, 0.3) is 0 Å². The van der Waals surface area contributed by atoms with Crippen molar-refractivity contribution in [3.05, 3.63) is 35.9 Å². The lowest BCUT2D eigenvalue weighted by Crippen LogP contribution is -2.37. The van der Waals surface area contributed by atoms with Crippen LogP contribution in [0, 0.1) is 5.41 Å². The van der Waals surface area contributed by atoms with E-state index in [4.69, 9.17) is 0 Å². The number of alkyl halides is 1. The molecule has 0 radical (unpaired) electrons. The van der Waals surface area contributed by atoms with Crippen LogP contribution < -0.4 is 0 Å². The summed E-state index contributed by atoms with van der Waals surface area (Å²) < 4.78 is 0. The molecule has 1 aromatic rings. The number of carbonyl (C=O) groups excluding carboxylic acids is 1. The van der Waals surface area contributed by atoms with Crippen LogP contribution in [0.1, 0.15) is 25.3 Å². The standard InChI is InChI=1S/C14H18BrNO/c1-14(7-8-14)13(17)16(10-9-15)11-12-5-3-2-4-6-12/h2-6H,7-11H2,1H3. The lowest BCUT2D eigenvalue weighted by molar-refractivity contribution is -0.136. The van der Waals surface area contributed by atoms with Gasteiger partial charge in [0.05, 0.1) is 0 Å². The maximum Gasteiger partial charge on any atom is 0.228 e. The van der Waals surface area contributed by atoms with Crippen LogP contribution in [0.15, 0.2) is 30.3 Å². The molecule has 1 aliphatic rings. The zero-order chi connectivity index (χ0) is 12.3. The Morgan fingerprint density at radius 2 is 2.00 bits per heavy atom. The van der Waals surface area contributed by atoms with Gasteiger partial charge in [-0.3, -0.25) is 4.79 Å². The van der Waals surface area contributed by atoms with Crippen molar-refractivity contribution < 1.29 is 4.79 Å². The number of hydrogen-bond acceptors (Lipinski definition) is 1. The molecule has 1 aromatic carbocycles. The molecule has 17 heavy (non-hydrogen) atoms. The minimum Gasteiger partial charge on any atom is -0.337 e. The SMILES string of the molecule is CC1(C(=O)N(CCBr)Cc2ccccc2)CC1. The first-order valence-corrected chi connectivity index (χ1v) is 7.17. The maximum atomic E-state index is 12.3. The molecular weight excluding hydrogens is 278 g/mol. The summed E-state index contributed by atoms with van der Waals surface area (Å²) in [6.45, 7) is 3.58. The van der Waals surface area contributed by atoms with E-state index in [0.29, 0.717) is 5.91 Å². The molecule has 2 rings (SSSR count). The Hall–Kier alpha value is -0.830. The lowest BCUT2D eigenvalue weighted by Gasteiger charge is -2.25. The lowest BCUT2D eigenvalue weighted by atomic mass is 10.1. The van der Waals surface area contributed by atoms with Crippen molar-refractivity contribution in [3.63, 3.8) is 0 Å². The van der Waals surface area contributed by atoms with Gasteiger partial charge in [-0.25, -0.2) is 0 Å². The highest BCUT2D eigenvalue weighted by molar-refractivity contribution is 9.09. The molecule has 92 valence electrons. The molecule has 1 aliphatic carbocycles. The van der Waals surface area contributed by atoms with Gasteiger partial charge in [0.15, 0.2) is 0 Å². The highest BCUT2D eigenvalue weighted by Gasteiger charge is 2.46. The summed E-state index contributed by atoms with van der Waals surface area (Å²) in [4.78, 5) is 14.3. The van der Waals surface area contributed by atoms with Crippen molar-refractivity contribution in [2.75, 3.05) is 11.9 Å². The Balaban J connectivity index is 2.05. The van der Waals surface area contributed by atoms with Gasteiger partial charge in [-0.15, -0.1) is 0 Å². The molecule has 3 heteroatoms. The number of hydrogen-bond donors (Lipinski definition) is 0.